The lowest BCUT2D eigenvalue weighted by atomic mass is 10.2. The maximum Gasteiger partial charge on any atom is 0.272 e. The molecule has 23 heavy (non-hydrogen) atoms. The lowest BCUT2D eigenvalue weighted by Crippen LogP contribution is -2.39. The third-order valence-corrected chi connectivity index (χ3v) is 3.86. The van der Waals surface area contributed by atoms with E-state index in [1.165, 1.54) is 12.1 Å². The Morgan fingerprint density at radius 2 is 2.04 bits per heavy atom. The van der Waals surface area contributed by atoms with Crippen LogP contribution in [0.4, 0.5) is 4.39 Å². The Morgan fingerprint density at radius 1 is 1.35 bits per heavy atom. The molecule has 1 aliphatic heterocycles. The third kappa shape index (κ3) is 4.02. The minimum absolute atomic E-state index is 0. The minimum Gasteiger partial charge on any atom is -0.336 e. The van der Waals surface area contributed by atoms with E-state index in [4.69, 9.17) is 0 Å². The summed E-state index contributed by atoms with van der Waals surface area (Å²) in [5.41, 5.74) is 1.20. The number of nitrogens with zero attached hydrogens (tertiary/aromatic N) is 3. The van der Waals surface area contributed by atoms with Gasteiger partial charge in [-0.2, -0.15) is 0 Å². The SMILES string of the molecule is CN(C(=O)c1cncn1-c1ccc(F)cc1)C1CCNC1.Cl.Cl. The Kier molecular flexibility index (Phi) is 7.00. The summed E-state index contributed by atoms with van der Waals surface area (Å²) in [6, 6.07) is 6.20. The zero-order chi connectivity index (χ0) is 14.8. The molecule has 1 aliphatic rings. The molecule has 2 heterocycles. The van der Waals surface area contributed by atoms with Gasteiger partial charge in [0.25, 0.3) is 5.91 Å². The molecule has 2 aromatic rings. The van der Waals surface area contributed by atoms with Gasteiger partial charge in [-0.25, -0.2) is 9.37 Å². The van der Waals surface area contributed by atoms with Crippen LogP contribution in [0.15, 0.2) is 36.8 Å². The van der Waals surface area contributed by atoms with Crippen molar-refractivity contribution in [3.63, 3.8) is 0 Å². The van der Waals surface area contributed by atoms with Crippen molar-refractivity contribution in [3.8, 4) is 5.69 Å². The maximum atomic E-state index is 13.0. The van der Waals surface area contributed by atoms with Gasteiger partial charge in [-0.05, 0) is 37.2 Å². The van der Waals surface area contributed by atoms with Gasteiger partial charge in [0.15, 0.2) is 0 Å². The van der Waals surface area contributed by atoms with Gasteiger partial charge < -0.3 is 10.2 Å². The molecule has 1 fully saturated rings. The van der Waals surface area contributed by atoms with Crippen molar-refractivity contribution in [2.45, 2.75) is 12.5 Å². The topological polar surface area (TPSA) is 50.2 Å². The molecule has 8 heteroatoms. The quantitative estimate of drug-likeness (QED) is 0.913. The van der Waals surface area contributed by atoms with Gasteiger partial charge >= 0.3 is 0 Å². The van der Waals surface area contributed by atoms with E-state index in [9.17, 15) is 9.18 Å². The van der Waals surface area contributed by atoms with Gasteiger partial charge in [-0.3, -0.25) is 9.36 Å². The zero-order valence-corrected chi connectivity index (χ0v) is 14.2. The van der Waals surface area contributed by atoms with E-state index >= 15 is 0 Å². The van der Waals surface area contributed by atoms with E-state index in [0.717, 1.165) is 25.2 Å². The highest BCUT2D eigenvalue weighted by Gasteiger charge is 2.26. The number of benzene rings is 1. The second-order valence-electron chi connectivity index (χ2n) is 5.19. The second kappa shape index (κ2) is 8.29. The number of halogens is 3. The largest absolute Gasteiger partial charge is 0.336 e. The number of imidazole rings is 1. The summed E-state index contributed by atoms with van der Waals surface area (Å²) in [6.45, 7) is 1.74. The monoisotopic (exact) mass is 360 g/mol. The molecule has 1 unspecified atom stereocenters. The first-order valence-electron chi connectivity index (χ1n) is 6.93. The fourth-order valence-electron chi connectivity index (χ4n) is 2.58. The molecule has 0 bridgehead atoms. The fraction of sp³-hybridized carbons (Fsp3) is 0.333. The van der Waals surface area contributed by atoms with E-state index in [1.807, 2.05) is 7.05 Å². The smallest absolute Gasteiger partial charge is 0.272 e. The lowest BCUT2D eigenvalue weighted by molar-refractivity contribution is 0.0735. The van der Waals surface area contributed by atoms with Gasteiger partial charge in [-0.15, -0.1) is 24.8 Å². The molecular formula is C15H19Cl2FN4O. The van der Waals surface area contributed by atoms with Crippen molar-refractivity contribution >= 4 is 30.7 Å². The zero-order valence-electron chi connectivity index (χ0n) is 12.6. The van der Waals surface area contributed by atoms with Crippen molar-refractivity contribution in [1.82, 2.24) is 19.8 Å². The van der Waals surface area contributed by atoms with Crippen molar-refractivity contribution in [1.29, 1.82) is 0 Å². The lowest BCUT2D eigenvalue weighted by Gasteiger charge is -2.24. The van der Waals surface area contributed by atoms with E-state index < -0.39 is 0 Å². The first-order valence-corrected chi connectivity index (χ1v) is 6.93. The number of amides is 1. The highest BCUT2D eigenvalue weighted by atomic mass is 35.5. The van der Waals surface area contributed by atoms with Crippen molar-refractivity contribution in [2.24, 2.45) is 0 Å². The molecule has 126 valence electrons. The van der Waals surface area contributed by atoms with E-state index in [0.29, 0.717) is 5.69 Å². The highest BCUT2D eigenvalue weighted by molar-refractivity contribution is 5.93. The predicted molar refractivity (Wildman–Crippen MR) is 91.4 cm³/mol. The first kappa shape index (κ1) is 19.4. The first-order chi connectivity index (χ1) is 10.2. The van der Waals surface area contributed by atoms with Crippen molar-refractivity contribution < 1.29 is 9.18 Å². The summed E-state index contributed by atoms with van der Waals surface area (Å²) in [5.74, 6) is -0.383. The molecule has 5 nitrogen and oxygen atoms in total. The summed E-state index contributed by atoms with van der Waals surface area (Å²) >= 11 is 0. The molecular weight excluding hydrogens is 342 g/mol. The van der Waals surface area contributed by atoms with Crippen molar-refractivity contribution in [3.05, 3.63) is 48.3 Å². The van der Waals surface area contributed by atoms with Gasteiger partial charge in [0.1, 0.15) is 11.5 Å². The predicted octanol–water partition coefficient (Wildman–Crippen LogP) is 2.29. The molecule has 1 amide bonds. The molecule has 0 saturated carbocycles. The highest BCUT2D eigenvalue weighted by Crippen LogP contribution is 2.16. The van der Waals surface area contributed by atoms with Crippen LogP contribution in [0.2, 0.25) is 0 Å². The normalized spacial score (nSPS) is 16.3. The van der Waals surface area contributed by atoms with Crippen LogP contribution in [0.3, 0.4) is 0 Å². The van der Waals surface area contributed by atoms with Crippen molar-refractivity contribution in [2.75, 3.05) is 20.1 Å². The second-order valence-corrected chi connectivity index (χ2v) is 5.19. The number of rotatable bonds is 3. The Morgan fingerprint density at radius 3 is 2.65 bits per heavy atom. The molecule has 1 N–H and O–H groups in total. The number of likely N-dealkylation sites (N-methyl/N-ethyl adjacent to an activating group) is 1. The Balaban J connectivity index is 0.00000132. The van der Waals surface area contributed by atoms with Gasteiger partial charge in [0, 0.05) is 25.3 Å². The van der Waals surface area contributed by atoms with Gasteiger partial charge in [0.05, 0.1) is 12.5 Å². The van der Waals surface area contributed by atoms with E-state index in [2.05, 4.69) is 10.3 Å². The van der Waals surface area contributed by atoms with E-state index in [-0.39, 0.29) is 42.6 Å². The van der Waals surface area contributed by atoms with Crippen LogP contribution in [0.25, 0.3) is 5.69 Å². The van der Waals surface area contributed by atoms with Gasteiger partial charge in [-0.1, -0.05) is 0 Å². The fourth-order valence-corrected chi connectivity index (χ4v) is 2.58. The summed E-state index contributed by atoms with van der Waals surface area (Å²) in [6.07, 6.45) is 4.07. The standard InChI is InChI=1S/C15H17FN4O.2ClH/c1-19(13-6-7-17-8-13)15(21)14-9-18-10-20(14)12-4-2-11(16)3-5-12;;/h2-5,9-10,13,17H,6-8H2,1H3;2*1H. The molecule has 1 aromatic heterocycles. The number of carbonyl (C=O) groups is 1. The Bertz CT molecular complexity index is 641. The Labute approximate surface area is 146 Å². The molecule has 0 spiro atoms. The molecule has 3 rings (SSSR count). The summed E-state index contributed by atoms with van der Waals surface area (Å²) < 4.78 is 14.7. The van der Waals surface area contributed by atoms with Gasteiger partial charge in [0.2, 0.25) is 0 Å². The number of carbonyl (C=O) groups excluding carboxylic acids is 1. The minimum atomic E-state index is -0.305. The molecule has 0 aliphatic carbocycles. The van der Waals surface area contributed by atoms with Crippen LogP contribution < -0.4 is 5.32 Å². The third-order valence-electron chi connectivity index (χ3n) is 3.86. The number of nitrogens with one attached hydrogen (secondary N) is 1. The molecule has 1 atom stereocenters. The van der Waals surface area contributed by atoms with Crippen LogP contribution in [0, 0.1) is 5.82 Å². The van der Waals surface area contributed by atoms with E-state index in [1.54, 1.807) is 34.1 Å². The summed E-state index contributed by atoms with van der Waals surface area (Å²) in [7, 11) is 1.81. The summed E-state index contributed by atoms with van der Waals surface area (Å²) in [5, 5.41) is 3.25. The van der Waals surface area contributed by atoms with Crippen LogP contribution in [0.1, 0.15) is 16.9 Å². The van der Waals surface area contributed by atoms with Crippen LogP contribution in [-0.2, 0) is 0 Å². The van der Waals surface area contributed by atoms with Crippen LogP contribution >= 0.6 is 24.8 Å². The average molecular weight is 361 g/mol. The number of aromatic nitrogens is 2. The molecule has 1 saturated heterocycles. The number of hydrogen-bond donors (Lipinski definition) is 1. The van der Waals surface area contributed by atoms with Crippen LogP contribution in [-0.4, -0.2) is 46.5 Å². The summed E-state index contributed by atoms with van der Waals surface area (Å²) in [4.78, 5) is 18.4. The molecule has 1 aromatic carbocycles. The van der Waals surface area contributed by atoms with Crippen LogP contribution in [0.5, 0.6) is 0 Å². The Hall–Kier alpha value is -1.63. The average Bonchev–Trinajstić information content (AvgIpc) is 3.17. The maximum absolute atomic E-state index is 13.0. The molecule has 0 radical (unpaired) electrons. The number of hydrogen-bond acceptors (Lipinski definition) is 3.